The second kappa shape index (κ2) is 9.55. The maximum atomic E-state index is 13.8. The largest absolute Gasteiger partial charge is 0.490 e. The predicted molar refractivity (Wildman–Crippen MR) is 107 cm³/mol. The Labute approximate surface area is 165 Å². The quantitative estimate of drug-likeness (QED) is 0.779. The lowest BCUT2D eigenvalue weighted by Crippen LogP contribution is -2.35. The zero-order valence-corrected chi connectivity index (χ0v) is 16.4. The van der Waals surface area contributed by atoms with Crippen LogP contribution in [0.3, 0.4) is 0 Å². The maximum absolute atomic E-state index is 13.8. The van der Waals surface area contributed by atoms with E-state index in [9.17, 15) is 9.18 Å². The number of likely N-dealkylation sites (tertiary alicyclic amines) is 1. The van der Waals surface area contributed by atoms with Crippen molar-refractivity contribution in [1.82, 2.24) is 4.90 Å². The van der Waals surface area contributed by atoms with Gasteiger partial charge in [0.05, 0.1) is 0 Å². The SMILES string of the molecule is CC[C@H](Oc1ccccc1F)C(=O)Nc1ccc(OC2CCN(C)CC2)cc1. The van der Waals surface area contributed by atoms with Crippen LogP contribution in [0.25, 0.3) is 0 Å². The van der Waals surface area contributed by atoms with Gasteiger partial charge in [-0.2, -0.15) is 0 Å². The Bertz CT molecular complexity index is 774. The Morgan fingerprint density at radius 3 is 2.50 bits per heavy atom. The van der Waals surface area contributed by atoms with E-state index in [0.29, 0.717) is 12.1 Å². The lowest BCUT2D eigenvalue weighted by molar-refractivity contribution is -0.122. The summed E-state index contributed by atoms with van der Waals surface area (Å²) in [5, 5.41) is 2.82. The first kappa shape index (κ1) is 20.1. The molecule has 2 aromatic rings. The van der Waals surface area contributed by atoms with Gasteiger partial charge in [0.25, 0.3) is 5.91 Å². The van der Waals surface area contributed by atoms with Crippen LogP contribution in [0.5, 0.6) is 11.5 Å². The fourth-order valence-corrected chi connectivity index (χ4v) is 3.15. The lowest BCUT2D eigenvalue weighted by atomic mass is 10.1. The minimum atomic E-state index is -0.771. The Morgan fingerprint density at radius 1 is 1.18 bits per heavy atom. The van der Waals surface area contributed by atoms with Gasteiger partial charge in [-0.05, 0) is 62.7 Å². The van der Waals surface area contributed by atoms with Crippen LogP contribution in [0.15, 0.2) is 48.5 Å². The molecule has 0 aromatic heterocycles. The summed E-state index contributed by atoms with van der Waals surface area (Å²) >= 11 is 0. The number of nitrogens with zero attached hydrogens (tertiary/aromatic N) is 1. The van der Waals surface area contributed by atoms with Gasteiger partial charge in [0, 0.05) is 18.8 Å². The Hall–Kier alpha value is -2.60. The van der Waals surface area contributed by atoms with E-state index in [-0.39, 0.29) is 17.8 Å². The molecule has 3 rings (SSSR count). The second-order valence-electron chi connectivity index (χ2n) is 7.08. The third kappa shape index (κ3) is 5.45. The molecule has 1 saturated heterocycles. The summed E-state index contributed by atoms with van der Waals surface area (Å²) in [7, 11) is 2.12. The monoisotopic (exact) mass is 386 g/mol. The third-order valence-corrected chi connectivity index (χ3v) is 4.86. The van der Waals surface area contributed by atoms with E-state index in [4.69, 9.17) is 9.47 Å². The summed E-state index contributed by atoms with van der Waals surface area (Å²) in [6.07, 6.45) is 1.92. The molecule has 1 atom stereocenters. The summed E-state index contributed by atoms with van der Waals surface area (Å²) < 4.78 is 25.3. The fraction of sp³-hybridized carbons (Fsp3) is 0.409. The first-order chi connectivity index (χ1) is 13.5. The zero-order valence-electron chi connectivity index (χ0n) is 16.4. The Kier molecular flexibility index (Phi) is 6.87. The number of nitrogens with one attached hydrogen (secondary N) is 1. The summed E-state index contributed by atoms with van der Waals surface area (Å²) in [4.78, 5) is 14.8. The molecule has 1 amide bonds. The van der Waals surface area contributed by atoms with Crippen LogP contribution < -0.4 is 14.8 Å². The number of para-hydroxylation sites is 1. The van der Waals surface area contributed by atoms with Gasteiger partial charge >= 0.3 is 0 Å². The molecule has 150 valence electrons. The molecule has 1 fully saturated rings. The average molecular weight is 386 g/mol. The minimum absolute atomic E-state index is 0.0753. The van der Waals surface area contributed by atoms with E-state index >= 15 is 0 Å². The number of carbonyl (C=O) groups is 1. The van der Waals surface area contributed by atoms with Crippen molar-refractivity contribution < 1.29 is 18.7 Å². The predicted octanol–water partition coefficient (Wildman–Crippen LogP) is 4.09. The lowest BCUT2D eigenvalue weighted by Gasteiger charge is -2.29. The number of carbonyl (C=O) groups excluding carboxylic acids is 1. The molecule has 28 heavy (non-hydrogen) atoms. The number of piperidine rings is 1. The molecule has 0 aliphatic carbocycles. The second-order valence-corrected chi connectivity index (χ2v) is 7.08. The highest BCUT2D eigenvalue weighted by atomic mass is 19.1. The first-order valence-corrected chi connectivity index (χ1v) is 9.72. The molecule has 0 radical (unpaired) electrons. The third-order valence-electron chi connectivity index (χ3n) is 4.86. The van der Waals surface area contributed by atoms with Crippen molar-refractivity contribution in [2.24, 2.45) is 0 Å². The van der Waals surface area contributed by atoms with E-state index in [1.165, 1.54) is 12.1 Å². The topological polar surface area (TPSA) is 50.8 Å². The summed E-state index contributed by atoms with van der Waals surface area (Å²) in [5.41, 5.74) is 0.649. The number of amides is 1. The average Bonchev–Trinajstić information content (AvgIpc) is 2.70. The van der Waals surface area contributed by atoms with Gasteiger partial charge in [-0.1, -0.05) is 19.1 Å². The van der Waals surface area contributed by atoms with Crippen LogP contribution in [0.4, 0.5) is 10.1 Å². The molecule has 0 saturated carbocycles. The van der Waals surface area contributed by atoms with Gasteiger partial charge in [0.15, 0.2) is 17.7 Å². The molecular formula is C22H27FN2O3. The van der Waals surface area contributed by atoms with Crippen molar-refractivity contribution in [3.8, 4) is 11.5 Å². The van der Waals surface area contributed by atoms with E-state index in [1.807, 2.05) is 19.1 Å². The Morgan fingerprint density at radius 2 is 1.86 bits per heavy atom. The van der Waals surface area contributed by atoms with Gasteiger partial charge in [-0.25, -0.2) is 4.39 Å². The number of anilines is 1. The summed E-state index contributed by atoms with van der Waals surface area (Å²) in [6, 6.07) is 13.4. The smallest absolute Gasteiger partial charge is 0.265 e. The molecular weight excluding hydrogens is 359 g/mol. The molecule has 1 heterocycles. The normalized spacial score (nSPS) is 16.4. The maximum Gasteiger partial charge on any atom is 0.265 e. The van der Waals surface area contributed by atoms with Crippen LogP contribution in [0.2, 0.25) is 0 Å². The molecule has 0 spiro atoms. The molecule has 0 bridgehead atoms. The number of ether oxygens (including phenoxy) is 2. The van der Waals surface area contributed by atoms with Gasteiger partial charge in [-0.15, -0.1) is 0 Å². The fourth-order valence-electron chi connectivity index (χ4n) is 3.15. The highest BCUT2D eigenvalue weighted by Crippen LogP contribution is 2.22. The van der Waals surface area contributed by atoms with Crippen LogP contribution in [-0.4, -0.2) is 43.2 Å². The molecule has 2 aromatic carbocycles. The van der Waals surface area contributed by atoms with Crippen molar-refractivity contribution in [3.63, 3.8) is 0 Å². The van der Waals surface area contributed by atoms with Crippen LogP contribution in [0.1, 0.15) is 26.2 Å². The highest BCUT2D eigenvalue weighted by molar-refractivity contribution is 5.94. The number of hydrogen-bond acceptors (Lipinski definition) is 4. The van der Waals surface area contributed by atoms with E-state index in [2.05, 4.69) is 17.3 Å². The van der Waals surface area contributed by atoms with E-state index in [0.717, 1.165) is 31.7 Å². The van der Waals surface area contributed by atoms with Crippen molar-refractivity contribution >= 4 is 11.6 Å². The molecule has 0 unspecified atom stereocenters. The summed E-state index contributed by atoms with van der Waals surface area (Å²) in [6.45, 7) is 3.90. The number of hydrogen-bond donors (Lipinski definition) is 1. The molecule has 1 aliphatic heterocycles. The van der Waals surface area contributed by atoms with Gasteiger partial charge < -0.3 is 19.7 Å². The molecule has 1 N–H and O–H groups in total. The number of rotatable bonds is 7. The van der Waals surface area contributed by atoms with Crippen molar-refractivity contribution in [3.05, 3.63) is 54.3 Å². The molecule has 6 heteroatoms. The zero-order chi connectivity index (χ0) is 19.9. The van der Waals surface area contributed by atoms with Gasteiger partial charge in [-0.3, -0.25) is 4.79 Å². The summed E-state index contributed by atoms with van der Waals surface area (Å²) in [5.74, 6) is 0.0764. The molecule has 5 nitrogen and oxygen atoms in total. The first-order valence-electron chi connectivity index (χ1n) is 9.72. The molecule has 1 aliphatic rings. The van der Waals surface area contributed by atoms with Crippen molar-refractivity contribution in [2.75, 3.05) is 25.5 Å². The van der Waals surface area contributed by atoms with Crippen molar-refractivity contribution in [1.29, 1.82) is 0 Å². The van der Waals surface area contributed by atoms with Gasteiger partial charge in [0.1, 0.15) is 11.9 Å². The number of benzene rings is 2. The van der Waals surface area contributed by atoms with Crippen LogP contribution in [0, 0.1) is 5.82 Å². The Balaban J connectivity index is 1.55. The highest BCUT2D eigenvalue weighted by Gasteiger charge is 2.21. The van der Waals surface area contributed by atoms with E-state index < -0.39 is 11.9 Å². The van der Waals surface area contributed by atoms with E-state index in [1.54, 1.807) is 24.3 Å². The van der Waals surface area contributed by atoms with Crippen LogP contribution >= 0.6 is 0 Å². The standard InChI is InChI=1S/C22H27FN2O3/c1-3-20(28-21-7-5-4-6-19(21)23)22(26)24-16-8-10-17(11-9-16)27-18-12-14-25(2)15-13-18/h4-11,18,20H,3,12-15H2,1-2H3,(H,24,26)/t20-/m0/s1. The van der Waals surface area contributed by atoms with Crippen LogP contribution in [-0.2, 0) is 4.79 Å². The van der Waals surface area contributed by atoms with Crippen molar-refractivity contribution in [2.45, 2.75) is 38.4 Å². The number of halogens is 1. The van der Waals surface area contributed by atoms with Gasteiger partial charge in [0.2, 0.25) is 0 Å². The minimum Gasteiger partial charge on any atom is -0.490 e.